The Morgan fingerprint density at radius 3 is 2.67 bits per heavy atom. The van der Waals surface area contributed by atoms with E-state index in [0.29, 0.717) is 5.56 Å². The van der Waals surface area contributed by atoms with Crippen molar-refractivity contribution in [3.63, 3.8) is 0 Å². The van der Waals surface area contributed by atoms with Crippen LogP contribution in [-0.2, 0) is 10.0 Å². The molecule has 1 aromatic heterocycles. The number of nitro groups is 1. The van der Waals surface area contributed by atoms with Gasteiger partial charge in [0, 0.05) is 17.8 Å². The molecular formula is C11H9ClN4O4S. The van der Waals surface area contributed by atoms with Gasteiger partial charge >= 0.3 is 0 Å². The maximum absolute atomic E-state index is 12.1. The molecule has 10 heteroatoms. The third kappa shape index (κ3) is 3.44. The molecule has 21 heavy (non-hydrogen) atoms. The molecule has 0 atom stereocenters. The smallest absolute Gasteiger partial charge is 0.258 e. The van der Waals surface area contributed by atoms with Crippen LogP contribution in [0.15, 0.2) is 35.4 Å². The lowest BCUT2D eigenvalue weighted by atomic mass is 10.2. The van der Waals surface area contributed by atoms with Crippen LogP contribution in [0.5, 0.6) is 0 Å². The van der Waals surface area contributed by atoms with Crippen LogP contribution in [0.3, 0.4) is 0 Å². The largest absolute Gasteiger partial charge is 0.273 e. The zero-order valence-corrected chi connectivity index (χ0v) is 12.2. The lowest BCUT2D eigenvalue weighted by Gasteiger charge is -2.07. The van der Waals surface area contributed by atoms with Gasteiger partial charge in [-0.3, -0.25) is 10.1 Å². The molecule has 0 aliphatic carbocycles. The van der Waals surface area contributed by atoms with E-state index in [9.17, 15) is 18.5 Å². The van der Waals surface area contributed by atoms with E-state index in [1.807, 2.05) is 0 Å². The van der Waals surface area contributed by atoms with Crippen molar-refractivity contribution in [2.75, 3.05) is 4.72 Å². The van der Waals surface area contributed by atoms with Crippen molar-refractivity contribution in [2.45, 2.75) is 11.8 Å². The minimum absolute atomic E-state index is 0.0672. The van der Waals surface area contributed by atoms with Crippen molar-refractivity contribution < 1.29 is 13.3 Å². The first-order valence-corrected chi connectivity index (χ1v) is 7.42. The van der Waals surface area contributed by atoms with Crippen molar-refractivity contribution in [1.29, 1.82) is 0 Å². The number of hydrogen-bond acceptors (Lipinski definition) is 6. The van der Waals surface area contributed by atoms with E-state index in [1.54, 1.807) is 0 Å². The Morgan fingerprint density at radius 1 is 1.33 bits per heavy atom. The summed E-state index contributed by atoms with van der Waals surface area (Å²) in [5, 5.41) is 10.9. The summed E-state index contributed by atoms with van der Waals surface area (Å²) in [6.07, 6.45) is 1.28. The summed E-state index contributed by atoms with van der Waals surface area (Å²) >= 11 is 5.63. The lowest BCUT2D eigenvalue weighted by molar-refractivity contribution is -0.385. The first-order chi connectivity index (χ1) is 9.79. The van der Waals surface area contributed by atoms with Gasteiger partial charge in [-0.05, 0) is 19.1 Å². The summed E-state index contributed by atoms with van der Waals surface area (Å²) in [6.45, 7) is 1.52. The number of nitro benzene ring substituents is 1. The molecule has 1 aromatic carbocycles. The van der Waals surface area contributed by atoms with Gasteiger partial charge in [0.25, 0.3) is 15.7 Å². The molecular weight excluding hydrogens is 320 g/mol. The van der Waals surface area contributed by atoms with Crippen LogP contribution in [0, 0.1) is 17.0 Å². The monoisotopic (exact) mass is 328 g/mol. The highest BCUT2D eigenvalue weighted by molar-refractivity contribution is 7.92. The van der Waals surface area contributed by atoms with Crippen molar-refractivity contribution in [2.24, 2.45) is 0 Å². The standard InChI is InChI=1S/C11H9ClN4O4S/c1-7-2-3-8(6-9(7)16(17)18)21(19,20)15-11-13-5-4-10(12)14-11/h2-6H,1H3,(H,13,14,15). The molecule has 2 rings (SSSR count). The molecule has 1 heterocycles. The van der Waals surface area contributed by atoms with Gasteiger partial charge in [0.1, 0.15) is 5.15 Å². The maximum atomic E-state index is 12.1. The van der Waals surface area contributed by atoms with Crippen LogP contribution in [-0.4, -0.2) is 23.3 Å². The number of hydrogen-bond donors (Lipinski definition) is 1. The molecule has 0 fully saturated rings. The topological polar surface area (TPSA) is 115 Å². The van der Waals surface area contributed by atoms with Crippen molar-refractivity contribution in [3.8, 4) is 0 Å². The molecule has 0 aliphatic heterocycles. The zero-order chi connectivity index (χ0) is 15.6. The Balaban J connectivity index is 2.40. The van der Waals surface area contributed by atoms with Crippen molar-refractivity contribution in [3.05, 3.63) is 51.3 Å². The Hall–Kier alpha value is -2.26. The van der Waals surface area contributed by atoms with Crippen LogP contribution in [0.25, 0.3) is 0 Å². The molecule has 0 bridgehead atoms. The van der Waals surface area contributed by atoms with Crippen molar-refractivity contribution >= 4 is 33.3 Å². The molecule has 0 saturated carbocycles. The van der Waals surface area contributed by atoms with Crippen LogP contribution in [0.2, 0.25) is 5.15 Å². The normalized spacial score (nSPS) is 11.1. The predicted molar refractivity (Wildman–Crippen MR) is 75.7 cm³/mol. The average molecular weight is 329 g/mol. The van der Waals surface area contributed by atoms with Crippen LogP contribution >= 0.6 is 11.6 Å². The zero-order valence-electron chi connectivity index (χ0n) is 10.6. The van der Waals surface area contributed by atoms with E-state index in [4.69, 9.17) is 11.6 Å². The van der Waals surface area contributed by atoms with E-state index in [-0.39, 0.29) is 21.7 Å². The number of halogens is 1. The molecule has 0 radical (unpaired) electrons. The number of benzene rings is 1. The number of nitrogens with zero attached hydrogens (tertiary/aromatic N) is 3. The van der Waals surface area contributed by atoms with E-state index >= 15 is 0 Å². The molecule has 2 aromatic rings. The lowest BCUT2D eigenvalue weighted by Crippen LogP contribution is -2.15. The minimum atomic E-state index is -4.04. The molecule has 8 nitrogen and oxygen atoms in total. The first-order valence-electron chi connectivity index (χ1n) is 5.56. The fraction of sp³-hybridized carbons (Fsp3) is 0.0909. The van der Waals surface area contributed by atoms with Crippen LogP contribution in [0.4, 0.5) is 11.6 Å². The number of aryl methyl sites for hydroxylation is 1. The highest BCUT2D eigenvalue weighted by Gasteiger charge is 2.20. The summed E-state index contributed by atoms with van der Waals surface area (Å²) < 4.78 is 26.4. The second-order valence-corrected chi connectivity index (χ2v) is 6.08. The molecule has 0 aliphatic rings. The summed E-state index contributed by atoms with van der Waals surface area (Å²) in [5.41, 5.74) is 0.0721. The first kappa shape index (κ1) is 15.1. The number of aromatic nitrogens is 2. The molecule has 0 saturated heterocycles. The summed E-state index contributed by atoms with van der Waals surface area (Å²) in [5.74, 6) is -0.217. The van der Waals surface area contributed by atoms with Gasteiger partial charge in [0.15, 0.2) is 0 Å². The fourth-order valence-corrected chi connectivity index (χ4v) is 2.62. The van der Waals surface area contributed by atoms with Gasteiger partial charge in [-0.25, -0.2) is 23.1 Å². The average Bonchev–Trinajstić information content (AvgIpc) is 2.38. The quantitative estimate of drug-likeness (QED) is 0.522. The third-order valence-electron chi connectivity index (χ3n) is 2.53. The number of anilines is 1. The van der Waals surface area contributed by atoms with Gasteiger partial charge in [-0.2, -0.15) is 0 Å². The fourth-order valence-electron chi connectivity index (χ4n) is 1.52. The summed E-state index contributed by atoms with van der Waals surface area (Å²) in [4.78, 5) is 17.3. The molecule has 0 amide bonds. The number of sulfonamides is 1. The van der Waals surface area contributed by atoms with Gasteiger partial charge in [-0.15, -0.1) is 0 Å². The van der Waals surface area contributed by atoms with E-state index in [1.165, 1.54) is 31.3 Å². The highest BCUT2D eigenvalue weighted by Crippen LogP contribution is 2.23. The van der Waals surface area contributed by atoms with Gasteiger partial charge in [0.05, 0.1) is 9.82 Å². The summed E-state index contributed by atoms with van der Waals surface area (Å²) in [7, 11) is -4.04. The van der Waals surface area contributed by atoms with Crippen LogP contribution in [0.1, 0.15) is 5.56 Å². The Bertz CT molecular complexity index is 810. The van der Waals surface area contributed by atoms with Crippen LogP contribution < -0.4 is 4.72 Å². The van der Waals surface area contributed by atoms with Gasteiger partial charge < -0.3 is 0 Å². The molecule has 0 unspecified atom stereocenters. The third-order valence-corrected chi connectivity index (χ3v) is 4.07. The van der Waals surface area contributed by atoms with E-state index < -0.39 is 14.9 Å². The van der Waals surface area contributed by atoms with Crippen molar-refractivity contribution in [1.82, 2.24) is 9.97 Å². The Morgan fingerprint density at radius 2 is 2.05 bits per heavy atom. The Kier molecular flexibility index (Phi) is 4.05. The summed E-state index contributed by atoms with van der Waals surface area (Å²) in [6, 6.07) is 4.97. The predicted octanol–water partition coefficient (Wildman–Crippen LogP) is 2.15. The number of rotatable bonds is 4. The second kappa shape index (κ2) is 5.62. The molecule has 110 valence electrons. The maximum Gasteiger partial charge on any atom is 0.273 e. The van der Waals surface area contributed by atoms with E-state index in [0.717, 1.165) is 6.07 Å². The highest BCUT2D eigenvalue weighted by atomic mass is 35.5. The minimum Gasteiger partial charge on any atom is -0.258 e. The molecule has 0 spiro atoms. The Labute approximate surface area is 125 Å². The molecule has 1 N–H and O–H groups in total. The SMILES string of the molecule is Cc1ccc(S(=O)(=O)Nc2nccc(Cl)n2)cc1[N+](=O)[O-]. The van der Waals surface area contributed by atoms with Gasteiger partial charge in [-0.1, -0.05) is 17.7 Å². The second-order valence-electron chi connectivity index (χ2n) is 4.01. The van der Waals surface area contributed by atoms with Gasteiger partial charge in [0.2, 0.25) is 5.95 Å². The van der Waals surface area contributed by atoms with E-state index in [2.05, 4.69) is 14.7 Å². The number of nitrogens with one attached hydrogen (secondary N) is 1.